The molecule has 2 N–H and O–H groups in total. The summed E-state index contributed by atoms with van der Waals surface area (Å²) in [6.07, 6.45) is 0.730. The molecule has 0 fully saturated rings. The van der Waals surface area contributed by atoms with Crippen LogP contribution in [0.3, 0.4) is 0 Å². The van der Waals surface area contributed by atoms with E-state index < -0.39 is 5.97 Å². The molecule has 0 aliphatic heterocycles. The molecule has 0 saturated heterocycles. The first-order valence-electron chi connectivity index (χ1n) is 11.0. The second kappa shape index (κ2) is 10.4. The van der Waals surface area contributed by atoms with Crippen LogP contribution < -0.4 is 14.8 Å². The number of aromatic nitrogens is 1. The van der Waals surface area contributed by atoms with E-state index in [-0.39, 0.29) is 18.1 Å². The quantitative estimate of drug-likeness (QED) is 0.329. The Bertz CT molecular complexity index is 1320. The summed E-state index contributed by atoms with van der Waals surface area (Å²) in [7, 11) is 3.20. The Kier molecular flexibility index (Phi) is 7.13. The average molecular weight is 463 g/mol. The summed E-state index contributed by atoms with van der Waals surface area (Å²) in [6.45, 7) is 1.08. The molecule has 176 valence electrons. The van der Waals surface area contributed by atoms with Gasteiger partial charge in [0.1, 0.15) is 23.0 Å². The van der Waals surface area contributed by atoms with E-state index in [1.165, 1.54) is 6.07 Å². The maximum Gasteiger partial charge on any atom is 0.352 e. The summed E-state index contributed by atoms with van der Waals surface area (Å²) in [5, 5.41) is 14.3. The van der Waals surface area contributed by atoms with Crippen molar-refractivity contribution in [1.29, 1.82) is 0 Å². The lowest BCUT2D eigenvalue weighted by Crippen LogP contribution is -2.20. The molecule has 7 heteroatoms. The van der Waals surface area contributed by atoms with Crippen molar-refractivity contribution in [1.82, 2.24) is 9.88 Å². The predicted octanol–water partition coefficient (Wildman–Crippen LogP) is 4.88. The van der Waals surface area contributed by atoms with Crippen LogP contribution >= 0.6 is 0 Å². The van der Waals surface area contributed by atoms with Crippen molar-refractivity contribution in [3.63, 3.8) is 0 Å². The highest BCUT2D eigenvalue weighted by atomic mass is 19.1. The monoisotopic (exact) mass is 462 g/mol. The number of para-hydroxylation sites is 1. The lowest BCUT2D eigenvalue weighted by atomic mass is 10.1. The molecule has 0 bridgehead atoms. The maximum atomic E-state index is 14.4. The molecule has 6 nitrogen and oxygen atoms in total. The van der Waals surface area contributed by atoms with E-state index in [0.717, 1.165) is 23.1 Å². The molecular formula is C27H27FN2O4. The third kappa shape index (κ3) is 4.75. The average Bonchev–Trinajstić information content (AvgIpc) is 3.16. The van der Waals surface area contributed by atoms with Crippen molar-refractivity contribution in [2.45, 2.75) is 19.5 Å². The van der Waals surface area contributed by atoms with E-state index in [0.29, 0.717) is 35.5 Å². The number of nitrogens with one attached hydrogen (secondary N) is 1. The predicted molar refractivity (Wildman–Crippen MR) is 129 cm³/mol. The zero-order valence-electron chi connectivity index (χ0n) is 19.2. The number of carboxylic acid groups (broad SMARTS) is 1. The number of ether oxygens (including phenoxy) is 2. The van der Waals surface area contributed by atoms with Gasteiger partial charge in [0.25, 0.3) is 0 Å². The van der Waals surface area contributed by atoms with Crippen LogP contribution in [-0.4, -0.2) is 36.4 Å². The van der Waals surface area contributed by atoms with Crippen molar-refractivity contribution >= 4 is 16.9 Å². The minimum absolute atomic E-state index is 0.0964. The molecule has 1 aromatic heterocycles. The lowest BCUT2D eigenvalue weighted by Gasteiger charge is -2.11. The van der Waals surface area contributed by atoms with Gasteiger partial charge in [0.15, 0.2) is 0 Å². The summed E-state index contributed by atoms with van der Waals surface area (Å²) in [4.78, 5) is 12.4. The third-order valence-corrected chi connectivity index (χ3v) is 5.93. The molecule has 0 radical (unpaired) electrons. The van der Waals surface area contributed by atoms with E-state index in [1.807, 2.05) is 30.3 Å². The lowest BCUT2D eigenvalue weighted by molar-refractivity contribution is 0.0684. The molecule has 0 saturated carbocycles. The molecule has 0 aliphatic carbocycles. The number of methoxy groups -OCH3 is 2. The normalized spacial score (nSPS) is 11.0. The molecule has 0 spiro atoms. The third-order valence-electron chi connectivity index (χ3n) is 5.93. The second-order valence-corrected chi connectivity index (χ2v) is 7.93. The van der Waals surface area contributed by atoms with Gasteiger partial charge in [-0.25, -0.2) is 9.18 Å². The van der Waals surface area contributed by atoms with Crippen molar-refractivity contribution in [3.05, 3.63) is 94.9 Å². The Hall–Kier alpha value is -3.84. The van der Waals surface area contributed by atoms with Crippen molar-refractivity contribution in [2.75, 3.05) is 20.8 Å². The zero-order valence-corrected chi connectivity index (χ0v) is 19.2. The first kappa shape index (κ1) is 23.3. The van der Waals surface area contributed by atoms with Gasteiger partial charge in [-0.1, -0.05) is 36.4 Å². The van der Waals surface area contributed by atoms with Gasteiger partial charge in [0, 0.05) is 29.1 Å². The molecule has 0 atom stereocenters. The fourth-order valence-corrected chi connectivity index (χ4v) is 4.26. The first-order valence-corrected chi connectivity index (χ1v) is 11.0. The summed E-state index contributed by atoms with van der Waals surface area (Å²) in [5.74, 6) is -0.00961. The summed E-state index contributed by atoms with van der Waals surface area (Å²) in [6, 6.07) is 19.7. The Balaban J connectivity index is 1.67. The van der Waals surface area contributed by atoms with Gasteiger partial charge < -0.3 is 24.5 Å². The Labute approximate surface area is 197 Å². The van der Waals surface area contributed by atoms with Crippen molar-refractivity contribution < 1.29 is 23.8 Å². The zero-order chi connectivity index (χ0) is 24.1. The number of carbonyl (C=O) groups is 1. The minimum atomic E-state index is -1.06. The SMILES string of the molecule is COc1ccc2c(CNCCc3ccccc3OC)c(C(=O)O)n(Cc3ccccc3F)c2c1. The van der Waals surface area contributed by atoms with Crippen LogP contribution in [0, 0.1) is 5.82 Å². The Morgan fingerprint density at radius 2 is 1.74 bits per heavy atom. The number of carboxylic acids is 1. The van der Waals surface area contributed by atoms with E-state index in [9.17, 15) is 14.3 Å². The van der Waals surface area contributed by atoms with Crippen LogP contribution in [0.25, 0.3) is 10.9 Å². The van der Waals surface area contributed by atoms with Crippen LogP contribution in [0.15, 0.2) is 66.7 Å². The molecule has 34 heavy (non-hydrogen) atoms. The molecule has 3 aromatic carbocycles. The highest BCUT2D eigenvalue weighted by molar-refractivity contribution is 5.98. The number of fused-ring (bicyclic) bond motifs is 1. The molecule has 4 rings (SSSR count). The highest BCUT2D eigenvalue weighted by Gasteiger charge is 2.23. The van der Waals surface area contributed by atoms with Gasteiger partial charge in [0.2, 0.25) is 0 Å². The summed E-state index contributed by atoms with van der Waals surface area (Å²) >= 11 is 0. The number of hydrogen-bond acceptors (Lipinski definition) is 4. The van der Waals surface area contributed by atoms with Gasteiger partial charge in [-0.05, 0) is 42.8 Å². The molecule has 4 aromatic rings. The fourth-order valence-electron chi connectivity index (χ4n) is 4.26. The molecule has 0 aliphatic rings. The highest BCUT2D eigenvalue weighted by Crippen LogP contribution is 2.31. The van der Waals surface area contributed by atoms with Crippen LogP contribution in [-0.2, 0) is 19.5 Å². The topological polar surface area (TPSA) is 72.7 Å². The largest absolute Gasteiger partial charge is 0.497 e. The number of rotatable bonds is 10. The van der Waals surface area contributed by atoms with Gasteiger partial charge in [-0.2, -0.15) is 0 Å². The van der Waals surface area contributed by atoms with Crippen LogP contribution in [0.5, 0.6) is 11.5 Å². The van der Waals surface area contributed by atoms with Gasteiger partial charge in [-0.3, -0.25) is 0 Å². The van der Waals surface area contributed by atoms with Gasteiger partial charge >= 0.3 is 5.97 Å². The first-order chi connectivity index (χ1) is 16.5. The van der Waals surface area contributed by atoms with Gasteiger partial charge in [0.05, 0.1) is 26.3 Å². The van der Waals surface area contributed by atoms with E-state index in [4.69, 9.17) is 9.47 Å². The van der Waals surface area contributed by atoms with Crippen LogP contribution in [0.2, 0.25) is 0 Å². The summed E-state index contributed by atoms with van der Waals surface area (Å²) in [5.41, 5.74) is 2.96. The summed E-state index contributed by atoms with van der Waals surface area (Å²) < 4.78 is 26.8. The van der Waals surface area contributed by atoms with Crippen molar-refractivity contribution in [2.24, 2.45) is 0 Å². The van der Waals surface area contributed by atoms with Crippen LogP contribution in [0.4, 0.5) is 4.39 Å². The fraction of sp³-hybridized carbons (Fsp3) is 0.222. The number of aromatic carboxylic acids is 1. The van der Waals surface area contributed by atoms with Crippen LogP contribution in [0.1, 0.15) is 27.2 Å². The second-order valence-electron chi connectivity index (χ2n) is 7.93. The Morgan fingerprint density at radius 1 is 1.00 bits per heavy atom. The Morgan fingerprint density at radius 3 is 2.44 bits per heavy atom. The molecular weight excluding hydrogens is 435 g/mol. The molecule has 0 unspecified atom stereocenters. The smallest absolute Gasteiger partial charge is 0.352 e. The van der Waals surface area contributed by atoms with Gasteiger partial charge in [-0.15, -0.1) is 0 Å². The van der Waals surface area contributed by atoms with E-state index >= 15 is 0 Å². The number of halogens is 1. The maximum absolute atomic E-state index is 14.4. The minimum Gasteiger partial charge on any atom is -0.497 e. The number of hydrogen-bond donors (Lipinski definition) is 2. The van der Waals surface area contributed by atoms with Crippen molar-refractivity contribution in [3.8, 4) is 11.5 Å². The number of benzene rings is 3. The van der Waals surface area contributed by atoms with E-state index in [2.05, 4.69) is 5.32 Å². The standard InChI is InChI=1S/C27H27FN2O4/c1-33-20-11-12-21-22(16-29-14-13-18-7-4-6-10-25(18)34-2)26(27(31)32)30(24(21)15-20)17-19-8-3-5-9-23(19)28/h3-12,15,29H,13-14,16-17H2,1-2H3,(H,31,32). The number of nitrogens with zero attached hydrogens (tertiary/aromatic N) is 1. The molecule has 1 heterocycles. The van der Waals surface area contributed by atoms with E-state index in [1.54, 1.807) is 49.1 Å². The molecule has 0 amide bonds.